The molecule has 0 bridgehead atoms. The molecule has 1 N–H and O–H groups in total. The fraction of sp³-hybridized carbons (Fsp3) is 0.650. The van der Waals surface area contributed by atoms with Gasteiger partial charge in [-0.25, -0.2) is 0 Å². The number of carbonyl (C=O) groups excluding carboxylic acids is 1. The van der Waals surface area contributed by atoms with Crippen LogP contribution in [0.3, 0.4) is 0 Å². The van der Waals surface area contributed by atoms with Gasteiger partial charge in [-0.3, -0.25) is 4.79 Å². The molecule has 3 rings (SSSR count). The van der Waals surface area contributed by atoms with Gasteiger partial charge in [0.05, 0.1) is 23.3 Å². The van der Waals surface area contributed by atoms with Crippen LogP contribution in [0.1, 0.15) is 57.3 Å². The molecule has 0 radical (unpaired) electrons. The van der Waals surface area contributed by atoms with E-state index in [2.05, 4.69) is 19.2 Å². The summed E-state index contributed by atoms with van der Waals surface area (Å²) in [5, 5.41) is 3.12. The van der Waals surface area contributed by atoms with Crippen molar-refractivity contribution in [2.45, 2.75) is 70.3 Å². The molecule has 1 aromatic rings. The fourth-order valence-corrected chi connectivity index (χ4v) is 3.72. The van der Waals surface area contributed by atoms with Crippen molar-refractivity contribution < 1.29 is 19.0 Å². The Bertz CT molecular complexity index is 620. The average molecular weight is 347 g/mol. The lowest BCUT2D eigenvalue weighted by molar-refractivity contribution is -0.0693. The maximum Gasteiger partial charge on any atom is 0.251 e. The Morgan fingerprint density at radius 3 is 2.76 bits per heavy atom. The molecule has 138 valence electrons. The molecule has 1 aromatic carbocycles. The Hall–Kier alpha value is -1.59. The van der Waals surface area contributed by atoms with Crippen molar-refractivity contribution in [3.8, 4) is 5.75 Å². The minimum absolute atomic E-state index is 0.0218. The Morgan fingerprint density at radius 1 is 1.32 bits per heavy atom. The molecule has 2 saturated heterocycles. The first-order valence-corrected chi connectivity index (χ1v) is 9.11. The molecule has 5 nitrogen and oxygen atoms in total. The molecule has 2 aliphatic heterocycles. The maximum atomic E-state index is 12.7. The summed E-state index contributed by atoms with van der Waals surface area (Å²) in [6.45, 7) is 9.50. The second-order valence-electron chi connectivity index (χ2n) is 8.17. The normalized spacial score (nSPS) is 27.2. The summed E-state index contributed by atoms with van der Waals surface area (Å²) >= 11 is 0. The highest BCUT2D eigenvalue weighted by Crippen LogP contribution is 2.37. The van der Waals surface area contributed by atoms with Crippen molar-refractivity contribution in [1.29, 1.82) is 0 Å². The van der Waals surface area contributed by atoms with Crippen LogP contribution >= 0.6 is 0 Å². The van der Waals surface area contributed by atoms with Gasteiger partial charge in [-0.2, -0.15) is 0 Å². The van der Waals surface area contributed by atoms with E-state index >= 15 is 0 Å². The van der Waals surface area contributed by atoms with Gasteiger partial charge in [0.1, 0.15) is 12.4 Å². The van der Waals surface area contributed by atoms with Crippen molar-refractivity contribution in [2.24, 2.45) is 0 Å². The highest BCUT2D eigenvalue weighted by molar-refractivity contribution is 5.94. The van der Waals surface area contributed by atoms with E-state index in [9.17, 15) is 4.79 Å². The highest BCUT2D eigenvalue weighted by atomic mass is 16.5. The van der Waals surface area contributed by atoms with Crippen LogP contribution in [0.4, 0.5) is 0 Å². The summed E-state index contributed by atoms with van der Waals surface area (Å²) in [5.74, 6) is 0.604. The third-order valence-electron chi connectivity index (χ3n) is 4.94. The molecule has 1 amide bonds. The van der Waals surface area contributed by atoms with Gasteiger partial charge in [0.15, 0.2) is 0 Å². The van der Waals surface area contributed by atoms with E-state index in [1.54, 1.807) is 6.07 Å². The second-order valence-corrected chi connectivity index (χ2v) is 8.17. The highest BCUT2D eigenvalue weighted by Gasteiger charge is 2.46. The van der Waals surface area contributed by atoms with E-state index in [0.717, 1.165) is 25.9 Å². The van der Waals surface area contributed by atoms with E-state index < -0.39 is 0 Å². The number of carbonyl (C=O) groups is 1. The maximum absolute atomic E-state index is 12.7. The second kappa shape index (κ2) is 6.96. The smallest absolute Gasteiger partial charge is 0.251 e. The van der Waals surface area contributed by atoms with Crippen LogP contribution in [0.25, 0.3) is 0 Å². The molecule has 0 saturated carbocycles. The molecule has 0 spiro atoms. The standard InChI is InChI=1S/C20H29NO4/c1-19(2)12-17(20(3,4)25-19)21-18(22)14-7-5-8-15(11-14)24-13-16-9-6-10-23-16/h5,7-8,11,16-17H,6,9-10,12-13H2,1-4H3,(H,21,22)/t16-,17+/m1/s1. The lowest BCUT2D eigenvalue weighted by Crippen LogP contribution is -2.46. The first-order chi connectivity index (χ1) is 11.8. The number of ether oxygens (including phenoxy) is 3. The van der Waals surface area contributed by atoms with Crippen molar-refractivity contribution >= 4 is 5.91 Å². The molecule has 0 unspecified atom stereocenters. The van der Waals surface area contributed by atoms with Crippen molar-refractivity contribution in [1.82, 2.24) is 5.32 Å². The Morgan fingerprint density at radius 2 is 2.12 bits per heavy atom. The predicted octanol–water partition coefficient (Wildman–Crippen LogP) is 3.32. The van der Waals surface area contributed by atoms with Crippen LogP contribution in [0.5, 0.6) is 5.75 Å². The number of nitrogens with one attached hydrogen (secondary N) is 1. The third kappa shape index (κ3) is 4.53. The van der Waals surface area contributed by atoms with Crippen molar-refractivity contribution in [3.63, 3.8) is 0 Å². The van der Waals surface area contributed by atoms with Gasteiger partial charge in [-0.05, 0) is 65.2 Å². The number of hydrogen-bond donors (Lipinski definition) is 1. The van der Waals surface area contributed by atoms with Crippen LogP contribution in [0, 0.1) is 0 Å². The van der Waals surface area contributed by atoms with Gasteiger partial charge in [0, 0.05) is 12.2 Å². The van der Waals surface area contributed by atoms with E-state index in [-0.39, 0.29) is 29.3 Å². The molecule has 0 aromatic heterocycles. The summed E-state index contributed by atoms with van der Waals surface area (Å²) < 4.78 is 17.4. The predicted molar refractivity (Wildman–Crippen MR) is 96.0 cm³/mol. The number of benzene rings is 1. The van der Waals surface area contributed by atoms with Crippen LogP contribution in [-0.2, 0) is 9.47 Å². The van der Waals surface area contributed by atoms with Gasteiger partial charge in [0.25, 0.3) is 5.91 Å². The lowest BCUT2D eigenvalue weighted by Gasteiger charge is -2.27. The van der Waals surface area contributed by atoms with Crippen LogP contribution in [0.2, 0.25) is 0 Å². The summed E-state index contributed by atoms with van der Waals surface area (Å²) in [6, 6.07) is 7.30. The van der Waals surface area contributed by atoms with Crippen LogP contribution in [0.15, 0.2) is 24.3 Å². The number of rotatable bonds is 5. The van der Waals surface area contributed by atoms with Gasteiger partial charge in [0.2, 0.25) is 0 Å². The first-order valence-electron chi connectivity index (χ1n) is 9.11. The zero-order valence-electron chi connectivity index (χ0n) is 15.6. The van der Waals surface area contributed by atoms with Gasteiger partial charge < -0.3 is 19.5 Å². The summed E-state index contributed by atoms with van der Waals surface area (Å²) in [7, 11) is 0. The zero-order valence-corrected chi connectivity index (χ0v) is 15.6. The van der Waals surface area contributed by atoms with Crippen molar-refractivity contribution in [2.75, 3.05) is 13.2 Å². The summed E-state index contributed by atoms with van der Waals surface area (Å²) in [5.41, 5.74) is -0.00817. The third-order valence-corrected chi connectivity index (χ3v) is 4.94. The summed E-state index contributed by atoms with van der Waals surface area (Å²) in [4.78, 5) is 12.7. The summed E-state index contributed by atoms with van der Waals surface area (Å²) in [6.07, 6.45) is 3.08. The minimum Gasteiger partial charge on any atom is -0.491 e. The first kappa shape index (κ1) is 18.2. The molecule has 0 aliphatic carbocycles. The topological polar surface area (TPSA) is 56.8 Å². The van der Waals surface area contributed by atoms with E-state index in [1.165, 1.54) is 0 Å². The Labute approximate surface area is 150 Å². The van der Waals surface area contributed by atoms with E-state index in [0.29, 0.717) is 17.9 Å². The molecule has 2 aliphatic rings. The van der Waals surface area contributed by atoms with E-state index in [4.69, 9.17) is 14.2 Å². The fourth-order valence-electron chi connectivity index (χ4n) is 3.72. The Balaban J connectivity index is 1.61. The van der Waals surface area contributed by atoms with Crippen LogP contribution < -0.4 is 10.1 Å². The van der Waals surface area contributed by atoms with Gasteiger partial charge >= 0.3 is 0 Å². The lowest BCUT2D eigenvalue weighted by atomic mass is 9.94. The SMILES string of the molecule is CC1(C)C[C@H](NC(=O)c2cccc(OC[C@H]3CCCO3)c2)C(C)(C)O1. The molecular formula is C20H29NO4. The molecule has 2 fully saturated rings. The average Bonchev–Trinajstić information content (AvgIpc) is 3.11. The minimum atomic E-state index is -0.382. The Kier molecular flexibility index (Phi) is 5.07. The quantitative estimate of drug-likeness (QED) is 0.888. The number of amides is 1. The molecule has 5 heteroatoms. The number of hydrogen-bond acceptors (Lipinski definition) is 4. The van der Waals surface area contributed by atoms with Crippen LogP contribution in [-0.4, -0.2) is 42.5 Å². The molecule has 25 heavy (non-hydrogen) atoms. The van der Waals surface area contributed by atoms with Crippen molar-refractivity contribution in [3.05, 3.63) is 29.8 Å². The van der Waals surface area contributed by atoms with E-state index in [1.807, 2.05) is 32.0 Å². The van der Waals surface area contributed by atoms with Gasteiger partial charge in [-0.15, -0.1) is 0 Å². The largest absolute Gasteiger partial charge is 0.491 e. The molecular weight excluding hydrogens is 318 g/mol. The van der Waals surface area contributed by atoms with Gasteiger partial charge in [-0.1, -0.05) is 6.07 Å². The monoisotopic (exact) mass is 347 g/mol. The molecule has 2 heterocycles. The zero-order chi connectivity index (χ0) is 18.1. The molecule has 2 atom stereocenters.